The predicted molar refractivity (Wildman–Crippen MR) is 225 cm³/mol. The molecule has 0 radical (unpaired) electrons. The summed E-state index contributed by atoms with van der Waals surface area (Å²) in [5, 5.41) is 0. The van der Waals surface area contributed by atoms with E-state index in [0.717, 1.165) is 22.7 Å². The lowest BCUT2D eigenvalue weighted by Gasteiger charge is -2.19. The summed E-state index contributed by atoms with van der Waals surface area (Å²) in [4.78, 5) is 10.3. The van der Waals surface area contributed by atoms with Crippen LogP contribution in [0.3, 0.4) is 0 Å². The highest BCUT2D eigenvalue weighted by Gasteiger charge is 2.30. The highest BCUT2D eigenvalue weighted by atomic mass is 14.9. The molecule has 1 aliphatic rings. The molecule has 0 heterocycles. The summed E-state index contributed by atoms with van der Waals surface area (Å²) in [6, 6.07) is 63.0. The second-order valence-electron chi connectivity index (χ2n) is 14.2. The monoisotopic (exact) mass is 684 g/mol. The first-order valence-electron chi connectivity index (χ1n) is 18.8. The minimum Gasteiger partial charge on any atom is -0.258 e. The minimum atomic E-state index is -0.0725. The van der Waals surface area contributed by atoms with Crippen LogP contribution in [0.1, 0.15) is 66.5 Å². The molecule has 0 bridgehead atoms. The second-order valence-corrected chi connectivity index (χ2v) is 14.2. The zero-order valence-corrected chi connectivity index (χ0v) is 30.7. The van der Waals surface area contributed by atoms with Gasteiger partial charge in [-0.05, 0) is 124 Å². The Hall–Kier alpha value is -6.12. The zero-order chi connectivity index (χ0) is 36.1. The Bertz CT molecular complexity index is 2350. The molecule has 0 aliphatic heterocycles. The Kier molecular flexibility index (Phi) is 9.77. The van der Waals surface area contributed by atoms with E-state index in [4.69, 9.17) is 9.98 Å². The van der Waals surface area contributed by atoms with E-state index in [0.29, 0.717) is 5.92 Å². The van der Waals surface area contributed by atoms with Crippen molar-refractivity contribution in [1.82, 2.24) is 0 Å². The molecule has 7 aromatic carbocycles. The standard InChI is InChI=1S/C51H44N2/c1-35-31-43(37(3)53-51(42-23-14-7-15-24-42)52-36(2)38-17-8-4-9-18-38)29-30-47(35)49-26-16-25-48(50(49)41-27-28-41)46-33-44(39-19-10-5-11-20-39)32-45(34-46)40-21-12-6-13-22-40/h4-26,29-34,37,41H,27-28H2,1-3H3. The van der Waals surface area contributed by atoms with Gasteiger partial charge in [0.2, 0.25) is 0 Å². The molecule has 2 nitrogen and oxygen atoms in total. The van der Waals surface area contributed by atoms with Gasteiger partial charge in [-0.15, -0.1) is 0 Å². The summed E-state index contributed by atoms with van der Waals surface area (Å²) in [5.41, 5.74) is 17.1. The molecule has 7 aromatic rings. The molecule has 1 unspecified atom stereocenters. The molecule has 8 rings (SSSR count). The van der Waals surface area contributed by atoms with Gasteiger partial charge in [0.15, 0.2) is 5.84 Å². The van der Waals surface area contributed by atoms with E-state index in [1.54, 1.807) is 0 Å². The van der Waals surface area contributed by atoms with Gasteiger partial charge in [-0.1, -0.05) is 158 Å². The Morgan fingerprint density at radius 3 is 1.60 bits per heavy atom. The van der Waals surface area contributed by atoms with Crippen molar-refractivity contribution in [3.63, 3.8) is 0 Å². The number of benzene rings is 7. The highest BCUT2D eigenvalue weighted by Crippen LogP contribution is 2.50. The number of hydrogen-bond donors (Lipinski definition) is 0. The minimum absolute atomic E-state index is 0.0725. The van der Waals surface area contributed by atoms with E-state index in [1.165, 1.54) is 74.0 Å². The van der Waals surface area contributed by atoms with E-state index >= 15 is 0 Å². The third-order valence-electron chi connectivity index (χ3n) is 10.4. The number of amidine groups is 1. The molecule has 53 heavy (non-hydrogen) atoms. The van der Waals surface area contributed by atoms with Gasteiger partial charge >= 0.3 is 0 Å². The van der Waals surface area contributed by atoms with Gasteiger partial charge < -0.3 is 0 Å². The SMILES string of the molecule is CC(=NC(=NC(C)c1ccc(-c2cccc(-c3cc(-c4ccccc4)cc(-c4ccccc4)c3)c2C2CC2)c(C)c1)c1ccccc1)c1ccccc1. The highest BCUT2D eigenvalue weighted by molar-refractivity contribution is 6.11. The first-order chi connectivity index (χ1) is 26.0. The van der Waals surface area contributed by atoms with Gasteiger partial charge in [-0.25, -0.2) is 4.99 Å². The van der Waals surface area contributed by atoms with Crippen molar-refractivity contribution >= 4 is 11.5 Å². The summed E-state index contributed by atoms with van der Waals surface area (Å²) in [6.45, 7) is 6.48. The van der Waals surface area contributed by atoms with Crippen LogP contribution in [-0.2, 0) is 0 Å². The lowest BCUT2D eigenvalue weighted by atomic mass is 9.85. The maximum atomic E-state index is 5.23. The number of aryl methyl sites for hydroxylation is 1. The van der Waals surface area contributed by atoms with Crippen molar-refractivity contribution in [3.05, 3.63) is 204 Å². The van der Waals surface area contributed by atoms with Crippen LogP contribution >= 0.6 is 0 Å². The van der Waals surface area contributed by atoms with Crippen molar-refractivity contribution < 1.29 is 0 Å². The number of rotatable bonds is 9. The molecule has 0 amide bonds. The topological polar surface area (TPSA) is 24.7 Å². The van der Waals surface area contributed by atoms with Gasteiger partial charge in [-0.2, -0.15) is 0 Å². The van der Waals surface area contributed by atoms with E-state index in [2.05, 4.69) is 172 Å². The normalized spacial score (nSPS) is 13.9. The third-order valence-corrected chi connectivity index (χ3v) is 10.4. The van der Waals surface area contributed by atoms with Gasteiger partial charge in [0, 0.05) is 11.3 Å². The molecule has 1 fully saturated rings. The van der Waals surface area contributed by atoms with Crippen LogP contribution in [0, 0.1) is 6.92 Å². The van der Waals surface area contributed by atoms with Crippen molar-refractivity contribution in [2.75, 3.05) is 0 Å². The van der Waals surface area contributed by atoms with Crippen molar-refractivity contribution in [3.8, 4) is 44.5 Å². The zero-order valence-electron chi connectivity index (χ0n) is 30.7. The van der Waals surface area contributed by atoms with Crippen molar-refractivity contribution in [1.29, 1.82) is 0 Å². The van der Waals surface area contributed by atoms with Crippen LogP contribution in [0.2, 0.25) is 0 Å². The van der Waals surface area contributed by atoms with Crippen molar-refractivity contribution in [2.24, 2.45) is 9.98 Å². The lowest BCUT2D eigenvalue weighted by Crippen LogP contribution is -2.06. The van der Waals surface area contributed by atoms with E-state index in [1.807, 2.05) is 24.3 Å². The smallest absolute Gasteiger partial charge is 0.155 e. The molecule has 1 aliphatic carbocycles. The molecule has 1 saturated carbocycles. The quantitative estimate of drug-likeness (QED) is 0.107. The van der Waals surface area contributed by atoms with E-state index < -0.39 is 0 Å². The maximum Gasteiger partial charge on any atom is 0.155 e. The number of aliphatic imine (C=N–C) groups is 2. The fourth-order valence-electron chi connectivity index (χ4n) is 7.41. The summed E-state index contributed by atoms with van der Waals surface area (Å²) in [5.74, 6) is 1.31. The van der Waals surface area contributed by atoms with E-state index in [9.17, 15) is 0 Å². The first-order valence-corrected chi connectivity index (χ1v) is 18.8. The van der Waals surface area contributed by atoms with Gasteiger partial charge in [0.05, 0.1) is 6.04 Å². The first kappa shape index (κ1) is 34.0. The molecule has 0 saturated heterocycles. The molecular weight excluding hydrogens is 641 g/mol. The Morgan fingerprint density at radius 2 is 1.04 bits per heavy atom. The molecule has 258 valence electrons. The number of hydrogen-bond acceptors (Lipinski definition) is 1. The summed E-state index contributed by atoms with van der Waals surface area (Å²) >= 11 is 0. The Balaban J connectivity index is 1.18. The van der Waals surface area contributed by atoms with Gasteiger partial charge in [-0.3, -0.25) is 4.99 Å². The van der Waals surface area contributed by atoms with Gasteiger partial charge in [0.25, 0.3) is 0 Å². The summed E-state index contributed by atoms with van der Waals surface area (Å²) in [6.07, 6.45) is 2.45. The van der Waals surface area contributed by atoms with E-state index in [-0.39, 0.29) is 6.04 Å². The summed E-state index contributed by atoms with van der Waals surface area (Å²) < 4.78 is 0. The molecule has 0 aromatic heterocycles. The third kappa shape index (κ3) is 7.59. The van der Waals surface area contributed by atoms with Crippen LogP contribution in [0.5, 0.6) is 0 Å². The molecule has 2 heteroatoms. The van der Waals surface area contributed by atoms with Crippen LogP contribution in [0.4, 0.5) is 0 Å². The van der Waals surface area contributed by atoms with Crippen LogP contribution in [0.15, 0.2) is 186 Å². The number of nitrogens with zero attached hydrogens (tertiary/aromatic N) is 2. The van der Waals surface area contributed by atoms with Crippen LogP contribution in [-0.4, -0.2) is 11.5 Å². The molecule has 1 atom stereocenters. The fourth-order valence-corrected chi connectivity index (χ4v) is 7.41. The largest absolute Gasteiger partial charge is 0.258 e. The average Bonchev–Trinajstić information content (AvgIpc) is 4.07. The van der Waals surface area contributed by atoms with Crippen LogP contribution < -0.4 is 0 Å². The summed E-state index contributed by atoms with van der Waals surface area (Å²) in [7, 11) is 0. The van der Waals surface area contributed by atoms with Gasteiger partial charge in [0.1, 0.15) is 0 Å². The Morgan fingerprint density at radius 1 is 0.509 bits per heavy atom. The predicted octanol–water partition coefficient (Wildman–Crippen LogP) is 13.6. The fraction of sp³-hybridized carbons (Fsp3) is 0.137. The average molecular weight is 685 g/mol. The van der Waals surface area contributed by atoms with Crippen molar-refractivity contribution in [2.45, 2.75) is 45.6 Å². The van der Waals surface area contributed by atoms with Crippen LogP contribution in [0.25, 0.3) is 44.5 Å². The molecule has 0 N–H and O–H groups in total. The lowest BCUT2D eigenvalue weighted by molar-refractivity contribution is 0.817. The maximum absolute atomic E-state index is 5.23. The second kappa shape index (κ2) is 15.2. The molecule has 0 spiro atoms. The molecular formula is C51H44N2. The Labute approximate surface area is 314 Å².